The second-order valence-corrected chi connectivity index (χ2v) is 8.01. The summed E-state index contributed by atoms with van der Waals surface area (Å²) >= 11 is 0. The molecule has 0 saturated carbocycles. The first kappa shape index (κ1) is 16.0. The zero-order valence-electron chi connectivity index (χ0n) is 12.2. The molecule has 0 aliphatic heterocycles. The molecule has 1 aromatic carbocycles. The van der Waals surface area contributed by atoms with Crippen molar-refractivity contribution >= 4 is 15.7 Å². The van der Waals surface area contributed by atoms with Crippen molar-refractivity contribution < 1.29 is 8.42 Å². The molecule has 0 bridgehead atoms. The van der Waals surface area contributed by atoms with Crippen LogP contribution in [0.5, 0.6) is 0 Å². The molecular weight excluding hydrogens is 260 g/mol. The summed E-state index contributed by atoms with van der Waals surface area (Å²) in [6, 6.07) is 5.53. The number of benzene rings is 1. The fraction of sp³-hybridized carbons (Fsp3) is 0.571. The van der Waals surface area contributed by atoms with E-state index in [9.17, 15) is 8.42 Å². The van der Waals surface area contributed by atoms with E-state index < -0.39 is 10.0 Å². The zero-order valence-corrected chi connectivity index (χ0v) is 13.0. The second kappa shape index (κ2) is 5.92. The van der Waals surface area contributed by atoms with Crippen LogP contribution in [0.4, 0.5) is 5.69 Å². The Morgan fingerprint density at radius 2 is 1.89 bits per heavy atom. The number of anilines is 1. The fourth-order valence-corrected chi connectivity index (χ4v) is 3.00. The Labute approximate surface area is 116 Å². The van der Waals surface area contributed by atoms with Crippen molar-refractivity contribution in [2.24, 2.45) is 5.41 Å². The largest absolute Gasteiger partial charge is 0.399 e. The van der Waals surface area contributed by atoms with Gasteiger partial charge in [-0.15, -0.1) is 0 Å². The zero-order chi connectivity index (χ0) is 14.7. The molecule has 1 aromatic rings. The van der Waals surface area contributed by atoms with E-state index in [0.29, 0.717) is 18.7 Å². The molecule has 3 N–H and O–H groups in total. The van der Waals surface area contributed by atoms with Crippen molar-refractivity contribution in [1.29, 1.82) is 0 Å². The molecule has 0 unspecified atom stereocenters. The first-order valence-corrected chi connectivity index (χ1v) is 8.07. The maximum absolute atomic E-state index is 11.9. The Kier molecular flexibility index (Phi) is 4.98. The van der Waals surface area contributed by atoms with Gasteiger partial charge in [-0.3, -0.25) is 0 Å². The smallest absolute Gasteiger partial charge is 0.211 e. The van der Waals surface area contributed by atoms with E-state index in [0.717, 1.165) is 11.1 Å². The predicted octanol–water partition coefficient (Wildman–Crippen LogP) is 2.43. The summed E-state index contributed by atoms with van der Waals surface area (Å²) in [5, 5.41) is 0. The Bertz CT molecular complexity index is 531. The Hall–Kier alpha value is -1.07. The van der Waals surface area contributed by atoms with Crippen LogP contribution in [-0.2, 0) is 16.6 Å². The van der Waals surface area contributed by atoms with Gasteiger partial charge < -0.3 is 5.73 Å². The molecule has 19 heavy (non-hydrogen) atoms. The molecule has 0 aromatic heterocycles. The minimum Gasteiger partial charge on any atom is -0.399 e. The maximum Gasteiger partial charge on any atom is 0.211 e. The molecule has 5 heteroatoms. The standard InChI is InChI=1S/C14H24N2O2S/c1-11-12(6-5-7-13(11)15)10-16-19(17,18)9-8-14(2,3)4/h5-7,16H,8-10,15H2,1-4H3. The van der Waals surface area contributed by atoms with Gasteiger partial charge in [0.1, 0.15) is 0 Å². The summed E-state index contributed by atoms with van der Waals surface area (Å²) in [4.78, 5) is 0. The topological polar surface area (TPSA) is 72.2 Å². The van der Waals surface area contributed by atoms with Crippen LogP contribution < -0.4 is 10.5 Å². The van der Waals surface area contributed by atoms with Gasteiger partial charge in [0.15, 0.2) is 0 Å². The molecule has 0 heterocycles. The van der Waals surface area contributed by atoms with Gasteiger partial charge in [0.05, 0.1) is 5.75 Å². The van der Waals surface area contributed by atoms with Gasteiger partial charge in [0.25, 0.3) is 0 Å². The van der Waals surface area contributed by atoms with Crippen molar-refractivity contribution in [3.63, 3.8) is 0 Å². The number of hydrogen-bond donors (Lipinski definition) is 2. The summed E-state index contributed by atoms with van der Waals surface area (Å²) in [5.41, 5.74) is 8.35. The van der Waals surface area contributed by atoms with Gasteiger partial charge in [-0.25, -0.2) is 13.1 Å². The van der Waals surface area contributed by atoms with Crippen molar-refractivity contribution in [2.75, 3.05) is 11.5 Å². The molecule has 0 aliphatic carbocycles. The number of nitrogens with two attached hydrogens (primary N) is 1. The first-order chi connectivity index (χ1) is 8.61. The van der Waals surface area contributed by atoms with E-state index in [1.807, 2.05) is 45.9 Å². The number of sulfonamides is 1. The Balaban J connectivity index is 2.63. The molecule has 0 fully saturated rings. The average Bonchev–Trinajstić information content (AvgIpc) is 2.28. The van der Waals surface area contributed by atoms with Gasteiger partial charge in [-0.2, -0.15) is 0 Å². The summed E-state index contributed by atoms with van der Waals surface area (Å²) in [5.74, 6) is 0.151. The third-order valence-corrected chi connectivity index (χ3v) is 4.42. The van der Waals surface area contributed by atoms with Crippen LogP contribution >= 0.6 is 0 Å². The van der Waals surface area contributed by atoms with Crippen LogP contribution in [0.2, 0.25) is 0 Å². The molecule has 0 aliphatic rings. The Morgan fingerprint density at radius 1 is 1.26 bits per heavy atom. The highest BCUT2D eigenvalue weighted by molar-refractivity contribution is 7.89. The van der Waals surface area contributed by atoms with E-state index in [4.69, 9.17) is 5.73 Å². The number of nitrogens with one attached hydrogen (secondary N) is 1. The molecule has 0 amide bonds. The lowest BCUT2D eigenvalue weighted by molar-refractivity contribution is 0.396. The molecule has 1 rings (SSSR count). The van der Waals surface area contributed by atoms with Gasteiger partial charge in [0.2, 0.25) is 10.0 Å². The minimum absolute atomic E-state index is 0.0157. The predicted molar refractivity (Wildman–Crippen MR) is 80.3 cm³/mol. The van der Waals surface area contributed by atoms with Crippen molar-refractivity contribution in [1.82, 2.24) is 4.72 Å². The monoisotopic (exact) mass is 284 g/mol. The van der Waals surface area contributed by atoms with E-state index in [1.54, 1.807) is 0 Å². The highest BCUT2D eigenvalue weighted by Crippen LogP contribution is 2.19. The first-order valence-electron chi connectivity index (χ1n) is 6.42. The van der Waals surface area contributed by atoms with Gasteiger partial charge in [-0.05, 0) is 36.0 Å². The molecule has 0 atom stereocenters. The van der Waals surface area contributed by atoms with Crippen LogP contribution in [0.15, 0.2) is 18.2 Å². The average molecular weight is 284 g/mol. The molecule has 108 valence electrons. The SMILES string of the molecule is Cc1c(N)cccc1CNS(=O)(=O)CCC(C)(C)C. The van der Waals surface area contributed by atoms with E-state index >= 15 is 0 Å². The Morgan fingerprint density at radius 3 is 2.47 bits per heavy atom. The lowest BCUT2D eigenvalue weighted by atomic mass is 9.94. The molecule has 0 saturated heterocycles. The lowest BCUT2D eigenvalue weighted by Crippen LogP contribution is -2.28. The van der Waals surface area contributed by atoms with Gasteiger partial charge in [-0.1, -0.05) is 32.9 Å². The minimum atomic E-state index is -3.23. The molecular formula is C14H24N2O2S. The third kappa shape index (κ3) is 5.61. The van der Waals surface area contributed by atoms with E-state index in [1.165, 1.54) is 0 Å². The third-order valence-electron chi connectivity index (χ3n) is 3.09. The summed E-state index contributed by atoms with van der Waals surface area (Å²) in [7, 11) is -3.23. The second-order valence-electron chi connectivity index (χ2n) is 6.08. The van der Waals surface area contributed by atoms with Crippen LogP contribution in [0, 0.1) is 12.3 Å². The normalized spacial score (nSPS) is 12.6. The van der Waals surface area contributed by atoms with Gasteiger partial charge >= 0.3 is 0 Å². The summed E-state index contributed by atoms with van der Waals surface area (Å²) < 4.78 is 26.4. The molecule has 4 nitrogen and oxygen atoms in total. The van der Waals surface area contributed by atoms with Crippen molar-refractivity contribution in [3.8, 4) is 0 Å². The summed E-state index contributed by atoms with van der Waals surface area (Å²) in [6.07, 6.45) is 0.637. The van der Waals surface area contributed by atoms with Crippen molar-refractivity contribution in [3.05, 3.63) is 29.3 Å². The van der Waals surface area contributed by atoms with E-state index in [-0.39, 0.29) is 11.2 Å². The number of hydrogen-bond acceptors (Lipinski definition) is 3. The highest BCUT2D eigenvalue weighted by Gasteiger charge is 2.17. The van der Waals surface area contributed by atoms with Crippen LogP contribution in [0.1, 0.15) is 38.3 Å². The van der Waals surface area contributed by atoms with Crippen LogP contribution in [0.3, 0.4) is 0 Å². The molecule has 0 spiro atoms. The van der Waals surface area contributed by atoms with E-state index in [2.05, 4.69) is 4.72 Å². The van der Waals surface area contributed by atoms with Crippen LogP contribution in [0.25, 0.3) is 0 Å². The fourth-order valence-electron chi connectivity index (χ4n) is 1.60. The van der Waals surface area contributed by atoms with Gasteiger partial charge in [0, 0.05) is 12.2 Å². The quantitative estimate of drug-likeness (QED) is 0.816. The lowest BCUT2D eigenvalue weighted by Gasteiger charge is -2.18. The highest BCUT2D eigenvalue weighted by atomic mass is 32.2. The number of rotatable bonds is 5. The molecule has 0 radical (unpaired) electrons. The number of nitrogen functional groups attached to an aromatic ring is 1. The van der Waals surface area contributed by atoms with Crippen molar-refractivity contribution in [2.45, 2.75) is 40.7 Å². The summed E-state index contributed by atoms with van der Waals surface area (Å²) in [6.45, 7) is 8.29. The van der Waals surface area contributed by atoms with Crippen LogP contribution in [-0.4, -0.2) is 14.2 Å². The maximum atomic E-state index is 11.9.